The highest BCUT2D eigenvalue weighted by atomic mass is 16.7. The number of amides is 1. The third-order valence-electron chi connectivity index (χ3n) is 18.3. The fourth-order valence-electron chi connectivity index (χ4n) is 12.4. The van der Waals surface area contributed by atoms with E-state index in [1.807, 2.05) is 6.08 Å². The van der Waals surface area contributed by atoms with Gasteiger partial charge in [0.1, 0.15) is 24.4 Å². The second-order valence-electron chi connectivity index (χ2n) is 26.4. The molecule has 9 nitrogen and oxygen atoms in total. The molecule has 0 aromatic carbocycles. The van der Waals surface area contributed by atoms with Crippen molar-refractivity contribution in [2.45, 2.75) is 436 Å². The molecule has 498 valence electrons. The van der Waals surface area contributed by atoms with E-state index in [-0.39, 0.29) is 12.5 Å². The number of carbonyl (C=O) groups excluding carboxylic acids is 1. The summed E-state index contributed by atoms with van der Waals surface area (Å²) in [5.74, 6) is -0.177. The molecule has 0 radical (unpaired) electrons. The van der Waals surface area contributed by atoms with Gasteiger partial charge in [0.05, 0.1) is 25.4 Å². The molecule has 0 aromatic rings. The lowest BCUT2D eigenvalue weighted by Crippen LogP contribution is -2.60. The highest BCUT2D eigenvalue weighted by Gasteiger charge is 2.44. The SMILES string of the molecule is CCCCCCCCCCCCCCCCCCCCC/C=C/CC/C=C/C(O)C(COC1OC(CO)C(O)C(O)C1O)NC(=O)CCCCCCCCCCCCCCCCCCCCCCCCCCCCCCCCCCCCCC. The number of rotatable bonds is 67. The average Bonchev–Trinajstić information content (AvgIpc) is 3.70. The minimum Gasteiger partial charge on any atom is -0.394 e. The molecule has 7 unspecified atom stereocenters. The molecule has 1 saturated heterocycles. The molecule has 0 aliphatic carbocycles. The lowest BCUT2D eigenvalue weighted by Gasteiger charge is -2.40. The second kappa shape index (κ2) is 64.6. The van der Waals surface area contributed by atoms with Crippen molar-refractivity contribution in [1.82, 2.24) is 5.32 Å². The van der Waals surface area contributed by atoms with E-state index in [0.717, 1.165) is 38.5 Å². The van der Waals surface area contributed by atoms with E-state index >= 15 is 0 Å². The molecule has 1 amide bonds. The smallest absolute Gasteiger partial charge is 0.220 e. The summed E-state index contributed by atoms with van der Waals surface area (Å²) in [4.78, 5) is 13.1. The van der Waals surface area contributed by atoms with Gasteiger partial charge in [-0.15, -0.1) is 0 Å². The monoisotopic (exact) mass is 1190 g/mol. The van der Waals surface area contributed by atoms with Crippen LogP contribution in [-0.4, -0.2) is 87.5 Å². The summed E-state index contributed by atoms with van der Waals surface area (Å²) in [5, 5.41) is 54.8. The molecule has 1 fully saturated rings. The van der Waals surface area contributed by atoms with Gasteiger partial charge < -0.3 is 40.3 Å². The van der Waals surface area contributed by atoms with Crippen molar-refractivity contribution >= 4 is 5.91 Å². The maximum Gasteiger partial charge on any atom is 0.220 e. The first-order valence-electron chi connectivity index (χ1n) is 37.6. The largest absolute Gasteiger partial charge is 0.394 e. The van der Waals surface area contributed by atoms with Crippen molar-refractivity contribution in [3.63, 3.8) is 0 Å². The Morgan fingerprint density at radius 2 is 0.679 bits per heavy atom. The van der Waals surface area contributed by atoms with Gasteiger partial charge in [0.25, 0.3) is 0 Å². The topological polar surface area (TPSA) is 149 Å². The van der Waals surface area contributed by atoms with Crippen LogP contribution in [0.15, 0.2) is 24.3 Å². The maximum absolute atomic E-state index is 13.1. The number of aliphatic hydroxyl groups excluding tert-OH is 5. The first-order chi connectivity index (χ1) is 41.3. The first kappa shape index (κ1) is 80.7. The Morgan fingerprint density at radius 3 is 1.00 bits per heavy atom. The molecule has 6 N–H and O–H groups in total. The van der Waals surface area contributed by atoms with E-state index in [1.54, 1.807) is 6.08 Å². The number of aliphatic hydroxyl groups is 5. The van der Waals surface area contributed by atoms with Gasteiger partial charge in [-0.2, -0.15) is 0 Å². The fraction of sp³-hybridized carbons (Fsp3) is 0.933. The van der Waals surface area contributed by atoms with Crippen LogP contribution in [0.4, 0.5) is 0 Å². The number of ether oxygens (including phenoxy) is 2. The normalized spacial score (nSPS) is 18.2. The van der Waals surface area contributed by atoms with Gasteiger partial charge in [-0.1, -0.05) is 378 Å². The average molecular weight is 1190 g/mol. The standard InChI is InChI=1S/C75H145NO8/c1-3-5-7-9-11-13-15-17-19-21-23-25-27-29-30-31-32-33-34-35-36-37-38-39-41-43-45-47-49-51-53-55-57-59-61-63-65-71(79)76-68(67-83-75-74(82)73(81)72(80)70(66-77)84-75)69(78)64-62-60-58-56-54-52-50-48-46-44-42-40-28-26-24-22-20-18-16-14-12-10-8-6-4-2/h54,56,62,64,68-70,72-75,77-78,80-82H,3-53,55,57-61,63,65-67H2,1-2H3,(H,76,79)/b56-54+,64-62+. The molecule has 1 heterocycles. The number of unbranched alkanes of at least 4 members (excludes halogenated alkanes) is 55. The molecule has 0 spiro atoms. The second-order valence-corrected chi connectivity index (χ2v) is 26.4. The molecule has 1 aliphatic rings. The van der Waals surface area contributed by atoms with Gasteiger partial charge in [-0.25, -0.2) is 0 Å². The van der Waals surface area contributed by atoms with E-state index in [9.17, 15) is 30.3 Å². The Kier molecular flexibility index (Phi) is 62.1. The van der Waals surface area contributed by atoms with Gasteiger partial charge in [0, 0.05) is 6.42 Å². The fourth-order valence-corrected chi connectivity index (χ4v) is 12.4. The Balaban J connectivity index is 2.08. The van der Waals surface area contributed by atoms with Crippen molar-refractivity contribution in [3.8, 4) is 0 Å². The zero-order valence-corrected chi connectivity index (χ0v) is 55.9. The molecule has 1 rings (SSSR count). The minimum atomic E-state index is -1.57. The van der Waals surface area contributed by atoms with Crippen LogP contribution >= 0.6 is 0 Å². The number of hydrogen-bond acceptors (Lipinski definition) is 8. The van der Waals surface area contributed by atoms with Crippen molar-refractivity contribution in [3.05, 3.63) is 24.3 Å². The predicted octanol–water partition coefficient (Wildman–Crippen LogP) is 20.8. The number of allylic oxidation sites excluding steroid dienone is 3. The maximum atomic E-state index is 13.1. The summed E-state index contributed by atoms with van der Waals surface area (Å²) in [6.45, 7) is 3.83. The summed E-state index contributed by atoms with van der Waals surface area (Å²) in [7, 11) is 0. The molecular weight excluding hydrogens is 1040 g/mol. The van der Waals surface area contributed by atoms with E-state index in [1.165, 1.54) is 334 Å². The number of carbonyl (C=O) groups is 1. The zero-order chi connectivity index (χ0) is 60.7. The van der Waals surface area contributed by atoms with Crippen LogP contribution in [0.3, 0.4) is 0 Å². The van der Waals surface area contributed by atoms with Crippen LogP contribution < -0.4 is 5.32 Å². The van der Waals surface area contributed by atoms with E-state index in [0.29, 0.717) is 6.42 Å². The summed E-state index contributed by atoms with van der Waals surface area (Å²) in [6.07, 6.45) is 78.9. The van der Waals surface area contributed by atoms with E-state index in [2.05, 4.69) is 31.3 Å². The van der Waals surface area contributed by atoms with Crippen LogP contribution in [0.2, 0.25) is 0 Å². The van der Waals surface area contributed by atoms with Crippen molar-refractivity contribution < 1.29 is 39.8 Å². The third-order valence-corrected chi connectivity index (χ3v) is 18.3. The van der Waals surface area contributed by atoms with Crippen LogP contribution in [0.1, 0.15) is 393 Å². The molecule has 7 atom stereocenters. The summed E-state index contributed by atoms with van der Waals surface area (Å²) < 4.78 is 11.3. The third kappa shape index (κ3) is 52.6. The molecule has 9 heteroatoms. The zero-order valence-electron chi connectivity index (χ0n) is 55.9. The van der Waals surface area contributed by atoms with Crippen LogP contribution in [0.5, 0.6) is 0 Å². The number of hydrogen-bond donors (Lipinski definition) is 6. The van der Waals surface area contributed by atoms with Crippen molar-refractivity contribution in [2.24, 2.45) is 0 Å². The Morgan fingerprint density at radius 1 is 0.393 bits per heavy atom. The molecule has 0 saturated carbocycles. The molecule has 0 bridgehead atoms. The van der Waals surface area contributed by atoms with Gasteiger partial charge >= 0.3 is 0 Å². The number of nitrogens with one attached hydrogen (secondary N) is 1. The van der Waals surface area contributed by atoms with Crippen molar-refractivity contribution in [1.29, 1.82) is 0 Å². The van der Waals surface area contributed by atoms with Crippen LogP contribution in [0.25, 0.3) is 0 Å². The van der Waals surface area contributed by atoms with Crippen LogP contribution in [-0.2, 0) is 14.3 Å². The van der Waals surface area contributed by atoms with Gasteiger partial charge in [-0.3, -0.25) is 4.79 Å². The Bertz CT molecular complexity index is 1380. The van der Waals surface area contributed by atoms with Gasteiger partial charge in [0.2, 0.25) is 5.91 Å². The molecule has 0 aromatic heterocycles. The minimum absolute atomic E-state index is 0.177. The van der Waals surface area contributed by atoms with Gasteiger partial charge in [-0.05, 0) is 32.1 Å². The summed E-state index contributed by atoms with van der Waals surface area (Å²) in [5.41, 5.74) is 0. The summed E-state index contributed by atoms with van der Waals surface area (Å²) >= 11 is 0. The van der Waals surface area contributed by atoms with Crippen molar-refractivity contribution in [2.75, 3.05) is 13.2 Å². The molecular formula is C75H145NO8. The molecule has 84 heavy (non-hydrogen) atoms. The van der Waals surface area contributed by atoms with E-state index in [4.69, 9.17) is 9.47 Å². The lowest BCUT2D eigenvalue weighted by molar-refractivity contribution is -0.302. The summed E-state index contributed by atoms with van der Waals surface area (Å²) in [6, 6.07) is -0.820. The van der Waals surface area contributed by atoms with Crippen LogP contribution in [0, 0.1) is 0 Å². The Labute approximate surface area is 521 Å². The highest BCUT2D eigenvalue weighted by Crippen LogP contribution is 2.24. The van der Waals surface area contributed by atoms with Gasteiger partial charge in [0.15, 0.2) is 6.29 Å². The lowest BCUT2D eigenvalue weighted by atomic mass is 9.99. The Hall–Kier alpha value is -1.33. The quantitative estimate of drug-likeness (QED) is 0.0261. The highest BCUT2D eigenvalue weighted by molar-refractivity contribution is 5.76. The predicted molar refractivity (Wildman–Crippen MR) is 360 cm³/mol. The molecule has 1 aliphatic heterocycles. The van der Waals surface area contributed by atoms with E-state index < -0.39 is 49.5 Å². The first-order valence-corrected chi connectivity index (χ1v) is 37.6.